The van der Waals surface area contributed by atoms with E-state index >= 15 is 0 Å². The van der Waals surface area contributed by atoms with Crippen molar-refractivity contribution in [2.24, 2.45) is 0 Å². The van der Waals surface area contributed by atoms with Gasteiger partial charge in [0.25, 0.3) is 0 Å². The van der Waals surface area contributed by atoms with E-state index in [9.17, 15) is 9.59 Å². The first-order valence-corrected chi connectivity index (χ1v) is 10.1. The number of fused-ring (bicyclic) bond motifs is 1. The molecule has 2 amide bonds. The predicted octanol–water partition coefficient (Wildman–Crippen LogP) is 3.82. The normalized spacial score (nSPS) is 13.8. The number of benzene rings is 2. The second-order valence-corrected chi connectivity index (χ2v) is 7.47. The van der Waals surface area contributed by atoms with Gasteiger partial charge in [-0.25, -0.2) is 0 Å². The van der Waals surface area contributed by atoms with Crippen LogP contribution in [0, 0.1) is 0 Å². The van der Waals surface area contributed by atoms with Crippen LogP contribution in [0.4, 0.5) is 11.4 Å². The van der Waals surface area contributed by atoms with Crippen LogP contribution in [0.25, 0.3) is 0 Å². The highest BCUT2D eigenvalue weighted by molar-refractivity contribution is 5.90. The first-order chi connectivity index (χ1) is 14.0. The van der Waals surface area contributed by atoms with Crippen LogP contribution in [0.15, 0.2) is 36.4 Å². The molecule has 0 spiro atoms. The van der Waals surface area contributed by atoms with E-state index in [2.05, 4.69) is 34.1 Å². The smallest absolute Gasteiger partial charge is 0.239 e. The fraction of sp³-hybridized carbons (Fsp3) is 0.391. The SMILES string of the molecule is COc1ccc(NC(C)=O)cc1NCC(=O)NC(C)c1ccc2c(c1)CCCC2. The van der Waals surface area contributed by atoms with Crippen LogP contribution >= 0.6 is 0 Å². The van der Waals surface area contributed by atoms with E-state index in [-0.39, 0.29) is 24.4 Å². The zero-order valence-electron chi connectivity index (χ0n) is 17.3. The second-order valence-electron chi connectivity index (χ2n) is 7.47. The average Bonchev–Trinajstić information content (AvgIpc) is 2.71. The van der Waals surface area contributed by atoms with Gasteiger partial charge in [-0.2, -0.15) is 0 Å². The molecule has 1 aliphatic carbocycles. The number of nitrogens with one attached hydrogen (secondary N) is 3. The van der Waals surface area contributed by atoms with E-state index in [0.29, 0.717) is 17.1 Å². The molecular weight excluding hydrogens is 366 g/mol. The topological polar surface area (TPSA) is 79.5 Å². The summed E-state index contributed by atoms with van der Waals surface area (Å²) in [6.07, 6.45) is 4.77. The standard InChI is InChI=1S/C23H29N3O3/c1-15(18-9-8-17-6-4-5-7-19(17)12-18)25-23(28)14-24-21-13-20(26-16(2)27)10-11-22(21)29-3/h8-13,15,24H,4-7,14H2,1-3H3,(H,25,28)(H,26,27). The van der Waals surface area contributed by atoms with Crippen molar-refractivity contribution in [2.45, 2.75) is 45.6 Å². The van der Waals surface area contributed by atoms with Crippen LogP contribution in [-0.4, -0.2) is 25.5 Å². The molecule has 0 aliphatic heterocycles. The van der Waals surface area contributed by atoms with Crippen LogP contribution < -0.4 is 20.7 Å². The molecule has 2 aromatic carbocycles. The van der Waals surface area contributed by atoms with Crippen molar-refractivity contribution in [3.63, 3.8) is 0 Å². The van der Waals surface area contributed by atoms with E-state index in [4.69, 9.17) is 4.74 Å². The lowest BCUT2D eigenvalue weighted by Gasteiger charge is -2.20. The molecule has 1 unspecified atom stereocenters. The Hall–Kier alpha value is -3.02. The third-order valence-electron chi connectivity index (χ3n) is 5.21. The average molecular weight is 396 g/mol. The van der Waals surface area contributed by atoms with Crippen molar-refractivity contribution < 1.29 is 14.3 Å². The van der Waals surface area contributed by atoms with Crippen LogP contribution in [0.5, 0.6) is 5.75 Å². The highest BCUT2D eigenvalue weighted by Gasteiger charge is 2.14. The molecule has 3 N–H and O–H groups in total. The third kappa shape index (κ3) is 5.50. The molecule has 0 aromatic heterocycles. The second kappa shape index (κ2) is 9.45. The van der Waals surface area contributed by atoms with Gasteiger partial charge in [0.05, 0.1) is 25.4 Å². The zero-order valence-corrected chi connectivity index (χ0v) is 17.3. The van der Waals surface area contributed by atoms with Gasteiger partial charge in [0.1, 0.15) is 5.75 Å². The number of hydrogen-bond donors (Lipinski definition) is 3. The summed E-state index contributed by atoms with van der Waals surface area (Å²) >= 11 is 0. The van der Waals surface area contributed by atoms with Crippen LogP contribution in [0.1, 0.15) is 49.4 Å². The van der Waals surface area contributed by atoms with Crippen LogP contribution in [0.3, 0.4) is 0 Å². The molecule has 0 fully saturated rings. The van der Waals surface area contributed by atoms with Gasteiger partial charge in [0, 0.05) is 12.6 Å². The summed E-state index contributed by atoms with van der Waals surface area (Å²) in [7, 11) is 1.57. The molecule has 6 nitrogen and oxygen atoms in total. The summed E-state index contributed by atoms with van der Waals surface area (Å²) in [6.45, 7) is 3.56. The Morgan fingerprint density at radius 3 is 2.55 bits per heavy atom. The number of anilines is 2. The van der Waals surface area contributed by atoms with Crippen molar-refractivity contribution in [1.82, 2.24) is 5.32 Å². The molecule has 0 heterocycles. The Bertz CT molecular complexity index is 895. The molecule has 1 atom stereocenters. The summed E-state index contributed by atoms with van der Waals surface area (Å²) in [6, 6.07) is 11.7. The first-order valence-electron chi connectivity index (χ1n) is 10.1. The molecule has 0 saturated carbocycles. The summed E-state index contributed by atoms with van der Waals surface area (Å²) in [5.74, 6) is 0.342. The summed E-state index contributed by atoms with van der Waals surface area (Å²) < 4.78 is 5.33. The number of aryl methyl sites for hydroxylation is 2. The number of carbonyl (C=O) groups excluding carboxylic acids is 2. The quantitative estimate of drug-likeness (QED) is 0.666. The monoisotopic (exact) mass is 395 g/mol. The van der Waals surface area contributed by atoms with E-state index in [0.717, 1.165) is 18.4 Å². The Morgan fingerprint density at radius 2 is 1.83 bits per heavy atom. The maximum atomic E-state index is 12.5. The van der Waals surface area contributed by atoms with E-state index < -0.39 is 0 Å². The maximum absolute atomic E-state index is 12.5. The first kappa shape index (κ1) is 20.7. The van der Waals surface area contributed by atoms with Crippen LogP contribution in [0.2, 0.25) is 0 Å². The number of amides is 2. The van der Waals surface area contributed by atoms with Gasteiger partial charge >= 0.3 is 0 Å². The van der Waals surface area contributed by atoms with Gasteiger partial charge < -0.3 is 20.7 Å². The molecule has 6 heteroatoms. The molecule has 154 valence electrons. The van der Waals surface area contributed by atoms with Gasteiger partial charge in [-0.1, -0.05) is 18.2 Å². The van der Waals surface area contributed by atoms with Gasteiger partial charge in [0.15, 0.2) is 0 Å². The third-order valence-corrected chi connectivity index (χ3v) is 5.21. The fourth-order valence-corrected chi connectivity index (χ4v) is 3.70. The minimum absolute atomic E-state index is 0.0656. The van der Waals surface area contributed by atoms with Crippen molar-refractivity contribution in [3.8, 4) is 5.75 Å². The molecule has 1 aliphatic rings. The summed E-state index contributed by atoms with van der Waals surface area (Å²) in [5.41, 5.74) is 5.27. The highest BCUT2D eigenvalue weighted by Crippen LogP contribution is 2.28. The Labute approximate surface area is 172 Å². The Kier molecular flexibility index (Phi) is 6.75. The van der Waals surface area contributed by atoms with E-state index in [1.807, 2.05) is 6.92 Å². The minimum atomic E-state index is -0.155. The van der Waals surface area contributed by atoms with Gasteiger partial charge in [-0.05, 0) is 67.5 Å². The zero-order chi connectivity index (χ0) is 20.8. The number of rotatable bonds is 7. The van der Waals surface area contributed by atoms with Crippen LogP contribution in [-0.2, 0) is 22.4 Å². The largest absolute Gasteiger partial charge is 0.495 e. The van der Waals surface area contributed by atoms with Crippen molar-refractivity contribution in [1.29, 1.82) is 0 Å². The number of carbonyl (C=O) groups is 2. The fourth-order valence-electron chi connectivity index (χ4n) is 3.70. The highest BCUT2D eigenvalue weighted by atomic mass is 16.5. The Morgan fingerprint density at radius 1 is 1.07 bits per heavy atom. The van der Waals surface area contributed by atoms with Gasteiger partial charge in [0.2, 0.25) is 11.8 Å². The van der Waals surface area contributed by atoms with Crippen molar-refractivity contribution in [2.75, 3.05) is 24.3 Å². The number of hydrogen-bond acceptors (Lipinski definition) is 4. The molecule has 0 saturated heterocycles. The number of ether oxygens (including phenoxy) is 1. The number of methoxy groups -OCH3 is 1. The van der Waals surface area contributed by atoms with Gasteiger partial charge in [-0.15, -0.1) is 0 Å². The van der Waals surface area contributed by atoms with Gasteiger partial charge in [-0.3, -0.25) is 9.59 Å². The summed E-state index contributed by atoms with van der Waals surface area (Å²) in [4.78, 5) is 23.7. The molecular formula is C23H29N3O3. The predicted molar refractivity (Wildman–Crippen MR) is 115 cm³/mol. The molecule has 0 radical (unpaired) electrons. The molecule has 0 bridgehead atoms. The van der Waals surface area contributed by atoms with E-state index in [1.165, 1.54) is 30.9 Å². The summed E-state index contributed by atoms with van der Waals surface area (Å²) in [5, 5.41) is 8.87. The Balaban J connectivity index is 1.60. The lowest BCUT2D eigenvalue weighted by Crippen LogP contribution is -2.32. The molecule has 3 rings (SSSR count). The maximum Gasteiger partial charge on any atom is 0.239 e. The molecule has 29 heavy (non-hydrogen) atoms. The van der Waals surface area contributed by atoms with Crippen molar-refractivity contribution >= 4 is 23.2 Å². The lowest BCUT2D eigenvalue weighted by atomic mass is 9.89. The lowest BCUT2D eigenvalue weighted by molar-refractivity contribution is -0.120. The minimum Gasteiger partial charge on any atom is -0.495 e. The molecule has 2 aromatic rings. The van der Waals surface area contributed by atoms with Crippen molar-refractivity contribution in [3.05, 3.63) is 53.1 Å². The van der Waals surface area contributed by atoms with E-state index in [1.54, 1.807) is 25.3 Å².